The molecule has 1 heterocycles. The fourth-order valence-corrected chi connectivity index (χ4v) is 2.49. The first-order chi connectivity index (χ1) is 7.15. The zero-order chi connectivity index (χ0) is 12.6. The molecule has 1 aliphatic rings. The number of nitrogens with zero attached hydrogens (tertiary/aromatic N) is 1. The van der Waals surface area contributed by atoms with E-state index in [9.17, 15) is 10.0 Å². The molecule has 1 aliphatic heterocycles. The molecule has 94 valence electrons. The van der Waals surface area contributed by atoms with Gasteiger partial charge in [-0.2, -0.15) is 5.06 Å². The second kappa shape index (κ2) is 4.31. The highest BCUT2D eigenvalue weighted by Gasteiger charge is 2.45. The molecule has 0 atom stereocenters. The monoisotopic (exact) mass is 231 g/mol. The van der Waals surface area contributed by atoms with E-state index in [1.54, 1.807) is 0 Å². The van der Waals surface area contributed by atoms with Gasteiger partial charge in [-0.1, -0.05) is 0 Å². The molecule has 1 fully saturated rings. The van der Waals surface area contributed by atoms with Gasteiger partial charge in [0.05, 0.1) is 6.10 Å². The molecule has 0 spiro atoms. The second-order valence-electron chi connectivity index (χ2n) is 5.67. The van der Waals surface area contributed by atoms with E-state index in [1.807, 2.05) is 27.7 Å². The van der Waals surface area contributed by atoms with Crippen LogP contribution in [0, 0.1) is 0 Å². The molecular weight excluding hydrogens is 210 g/mol. The number of rotatable bonds is 3. The van der Waals surface area contributed by atoms with Crippen LogP contribution in [-0.4, -0.2) is 45.1 Å². The van der Waals surface area contributed by atoms with Crippen LogP contribution in [0.5, 0.6) is 0 Å². The van der Waals surface area contributed by atoms with Crippen molar-refractivity contribution < 1.29 is 19.8 Å². The number of hydrogen-bond acceptors (Lipinski definition) is 4. The Hall–Kier alpha value is -0.650. The molecule has 0 aromatic carbocycles. The molecule has 0 aliphatic carbocycles. The van der Waals surface area contributed by atoms with Gasteiger partial charge in [-0.25, -0.2) is 4.79 Å². The quantitative estimate of drug-likeness (QED) is 0.770. The van der Waals surface area contributed by atoms with Crippen molar-refractivity contribution in [2.45, 2.75) is 57.7 Å². The number of hydroxylamine groups is 2. The van der Waals surface area contributed by atoms with Crippen LogP contribution in [-0.2, 0) is 9.53 Å². The zero-order valence-corrected chi connectivity index (χ0v) is 10.4. The van der Waals surface area contributed by atoms with Crippen LogP contribution in [0.25, 0.3) is 0 Å². The fourth-order valence-electron chi connectivity index (χ4n) is 2.49. The summed E-state index contributed by atoms with van der Waals surface area (Å²) in [6.07, 6.45) is 1.13. The molecule has 0 radical (unpaired) electrons. The lowest BCUT2D eigenvalue weighted by Gasteiger charge is -2.51. The lowest BCUT2D eigenvalue weighted by molar-refractivity contribution is -0.261. The number of piperidine rings is 1. The fraction of sp³-hybridized carbons (Fsp3) is 0.909. The summed E-state index contributed by atoms with van der Waals surface area (Å²) in [7, 11) is 0. The van der Waals surface area contributed by atoms with Crippen molar-refractivity contribution >= 4 is 5.97 Å². The van der Waals surface area contributed by atoms with E-state index < -0.39 is 17.0 Å². The number of carboxylic acid groups (broad SMARTS) is 1. The summed E-state index contributed by atoms with van der Waals surface area (Å²) in [6.45, 7) is 7.41. The predicted octanol–water partition coefficient (Wildman–Crippen LogP) is 1.50. The Morgan fingerprint density at radius 2 is 1.75 bits per heavy atom. The Labute approximate surface area is 96.0 Å². The average molecular weight is 231 g/mol. The minimum absolute atomic E-state index is 0.121. The highest BCUT2D eigenvalue weighted by Crippen LogP contribution is 2.37. The first-order valence-electron chi connectivity index (χ1n) is 5.48. The van der Waals surface area contributed by atoms with Gasteiger partial charge < -0.3 is 15.1 Å². The van der Waals surface area contributed by atoms with Gasteiger partial charge in [0, 0.05) is 11.1 Å². The molecule has 16 heavy (non-hydrogen) atoms. The van der Waals surface area contributed by atoms with Crippen LogP contribution in [0.4, 0.5) is 0 Å². The first-order valence-corrected chi connectivity index (χ1v) is 5.48. The molecule has 0 saturated carbocycles. The second-order valence-corrected chi connectivity index (χ2v) is 5.67. The van der Waals surface area contributed by atoms with Crippen LogP contribution < -0.4 is 0 Å². The zero-order valence-electron chi connectivity index (χ0n) is 10.4. The Kier molecular flexibility index (Phi) is 3.62. The lowest BCUT2D eigenvalue weighted by atomic mass is 9.80. The first kappa shape index (κ1) is 13.4. The van der Waals surface area contributed by atoms with Gasteiger partial charge in [0.15, 0.2) is 0 Å². The normalized spacial score (nSPS) is 25.6. The average Bonchev–Trinajstić information content (AvgIpc) is 2.10. The van der Waals surface area contributed by atoms with E-state index in [4.69, 9.17) is 9.84 Å². The van der Waals surface area contributed by atoms with Crippen LogP contribution in [0.1, 0.15) is 40.5 Å². The van der Waals surface area contributed by atoms with Gasteiger partial charge in [-0.15, -0.1) is 0 Å². The summed E-state index contributed by atoms with van der Waals surface area (Å²) in [5, 5.41) is 19.9. The lowest BCUT2D eigenvalue weighted by Crippen LogP contribution is -2.60. The number of hydrogen-bond donors (Lipinski definition) is 2. The Bertz CT molecular complexity index is 257. The predicted molar refractivity (Wildman–Crippen MR) is 58.4 cm³/mol. The van der Waals surface area contributed by atoms with Crippen molar-refractivity contribution in [3.63, 3.8) is 0 Å². The molecule has 0 aromatic rings. The summed E-state index contributed by atoms with van der Waals surface area (Å²) in [6, 6.07) is 0. The standard InChI is InChI=1S/C11H21NO4/c1-10(2)5-8(16-7-9(13)14)6-11(3,4)12(10)15/h8,15H,5-7H2,1-4H3,(H,13,14). The summed E-state index contributed by atoms with van der Waals surface area (Å²) in [4.78, 5) is 10.4. The minimum Gasteiger partial charge on any atom is -0.480 e. The maximum Gasteiger partial charge on any atom is 0.329 e. The smallest absolute Gasteiger partial charge is 0.329 e. The van der Waals surface area contributed by atoms with Crippen molar-refractivity contribution in [2.24, 2.45) is 0 Å². The molecule has 0 bridgehead atoms. The number of carboxylic acids is 1. The summed E-state index contributed by atoms with van der Waals surface area (Å²) in [5.74, 6) is -0.956. The molecule has 1 saturated heterocycles. The maximum atomic E-state index is 10.4. The van der Waals surface area contributed by atoms with Gasteiger partial charge in [0.1, 0.15) is 6.61 Å². The van der Waals surface area contributed by atoms with Gasteiger partial charge in [0.2, 0.25) is 0 Å². The SMILES string of the molecule is CC1(C)CC(OCC(=O)O)CC(C)(C)N1O. The van der Waals surface area contributed by atoms with E-state index in [2.05, 4.69) is 0 Å². The summed E-state index contributed by atoms with van der Waals surface area (Å²) >= 11 is 0. The summed E-state index contributed by atoms with van der Waals surface area (Å²) in [5.41, 5.74) is -0.796. The highest BCUT2D eigenvalue weighted by atomic mass is 16.5. The number of carbonyl (C=O) groups is 1. The van der Waals surface area contributed by atoms with E-state index in [0.717, 1.165) is 0 Å². The van der Waals surface area contributed by atoms with Crippen molar-refractivity contribution in [1.82, 2.24) is 5.06 Å². The van der Waals surface area contributed by atoms with Crippen LogP contribution in [0.3, 0.4) is 0 Å². The van der Waals surface area contributed by atoms with Gasteiger partial charge in [-0.3, -0.25) is 0 Å². The third-order valence-corrected chi connectivity index (χ3v) is 3.04. The molecule has 0 aromatic heterocycles. The van der Waals surface area contributed by atoms with Gasteiger partial charge >= 0.3 is 5.97 Å². The van der Waals surface area contributed by atoms with E-state index in [-0.39, 0.29) is 12.7 Å². The third kappa shape index (κ3) is 2.93. The largest absolute Gasteiger partial charge is 0.480 e. The van der Waals surface area contributed by atoms with Gasteiger partial charge in [-0.05, 0) is 40.5 Å². The topological polar surface area (TPSA) is 70.0 Å². The Morgan fingerprint density at radius 1 is 1.31 bits per heavy atom. The van der Waals surface area contributed by atoms with E-state index >= 15 is 0 Å². The van der Waals surface area contributed by atoms with Crippen molar-refractivity contribution in [3.8, 4) is 0 Å². The highest BCUT2D eigenvalue weighted by molar-refractivity contribution is 5.68. The molecule has 0 unspecified atom stereocenters. The molecule has 1 rings (SSSR count). The van der Waals surface area contributed by atoms with Gasteiger partial charge in [0.25, 0.3) is 0 Å². The Balaban J connectivity index is 2.67. The minimum atomic E-state index is -0.956. The molecule has 0 amide bonds. The third-order valence-electron chi connectivity index (χ3n) is 3.04. The summed E-state index contributed by atoms with van der Waals surface area (Å²) < 4.78 is 5.33. The van der Waals surface area contributed by atoms with Crippen LogP contribution >= 0.6 is 0 Å². The molecule has 2 N–H and O–H groups in total. The van der Waals surface area contributed by atoms with Crippen molar-refractivity contribution in [2.75, 3.05) is 6.61 Å². The molecule has 5 heteroatoms. The maximum absolute atomic E-state index is 10.4. The van der Waals surface area contributed by atoms with E-state index in [0.29, 0.717) is 12.8 Å². The van der Waals surface area contributed by atoms with Crippen molar-refractivity contribution in [1.29, 1.82) is 0 Å². The van der Waals surface area contributed by atoms with Crippen molar-refractivity contribution in [3.05, 3.63) is 0 Å². The van der Waals surface area contributed by atoms with Crippen LogP contribution in [0.15, 0.2) is 0 Å². The molecule has 5 nitrogen and oxygen atoms in total. The molecular formula is C11H21NO4. The number of ether oxygens (including phenoxy) is 1. The Morgan fingerprint density at radius 3 is 2.12 bits per heavy atom. The van der Waals surface area contributed by atoms with Crippen LogP contribution in [0.2, 0.25) is 0 Å². The van der Waals surface area contributed by atoms with E-state index in [1.165, 1.54) is 5.06 Å². The number of aliphatic carboxylic acids is 1.